The Morgan fingerprint density at radius 3 is 3.00 bits per heavy atom. The first-order valence-electron chi connectivity index (χ1n) is 7.11. The summed E-state index contributed by atoms with van der Waals surface area (Å²) in [5, 5.41) is 12.5. The fourth-order valence-electron chi connectivity index (χ4n) is 2.19. The van der Waals surface area contributed by atoms with Crippen LogP contribution in [-0.2, 0) is 4.79 Å². The number of aromatic nitrogens is 3. The van der Waals surface area contributed by atoms with Crippen LogP contribution in [0.1, 0.15) is 18.5 Å². The fourth-order valence-corrected chi connectivity index (χ4v) is 3.12. The molecule has 118 valence electrons. The van der Waals surface area contributed by atoms with Crippen LogP contribution in [-0.4, -0.2) is 26.3 Å². The minimum atomic E-state index is -0.100. The van der Waals surface area contributed by atoms with Crippen LogP contribution in [0.25, 0.3) is 5.65 Å². The molecule has 7 heteroatoms. The van der Waals surface area contributed by atoms with Gasteiger partial charge in [-0.1, -0.05) is 41.6 Å². The van der Waals surface area contributed by atoms with Crippen LogP contribution in [0.2, 0.25) is 5.02 Å². The summed E-state index contributed by atoms with van der Waals surface area (Å²) in [5.41, 5.74) is 1.74. The lowest BCUT2D eigenvalue weighted by molar-refractivity contribution is -0.119. The van der Waals surface area contributed by atoms with Crippen molar-refractivity contribution in [2.75, 3.05) is 5.75 Å². The number of hydrogen-bond donors (Lipinski definition) is 1. The molecule has 2 aromatic heterocycles. The molecule has 3 rings (SSSR count). The van der Waals surface area contributed by atoms with E-state index in [9.17, 15) is 4.79 Å². The van der Waals surface area contributed by atoms with Crippen LogP contribution < -0.4 is 5.32 Å². The minimum Gasteiger partial charge on any atom is -0.349 e. The summed E-state index contributed by atoms with van der Waals surface area (Å²) in [6.07, 6.45) is 1.88. The van der Waals surface area contributed by atoms with Crippen molar-refractivity contribution in [2.24, 2.45) is 0 Å². The average Bonchev–Trinajstić information content (AvgIpc) is 2.96. The number of fused-ring (bicyclic) bond motifs is 1. The Kier molecular flexibility index (Phi) is 4.83. The van der Waals surface area contributed by atoms with Gasteiger partial charge in [0.15, 0.2) is 10.8 Å². The SMILES string of the molecule is C[C@H](NC(=O)CSc1nnc2ccccn12)c1cccc(Cl)c1. The molecule has 0 radical (unpaired) electrons. The van der Waals surface area contributed by atoms with E-state index in [1.54, 1.807) is 0 Å². The van der Waals surface area contributed by atoms with Crippen LogP contribution in [0.15, 0.2) is 53.8 Å². The molecule has 0 spiro atoms. The second kappa shape index (κ2) is 7.02. The third-order valence-electron chi connectivity index (χ3n) is 3.34. The number of nitrogens with zero attached hydrogens (tertiary/aromatic N) is 3. The van der Waals surface area contributed by atoms with Crippen LogP contribution in [0.4, 0.5) is 0 Å². The van der Waals surface area contributed by atoms with Gasteiger partial charge in [-0.15, -0.1) is 10.2 Å². The van der Waals surface area contributed by atoms with Crippen molar-refractivity contribution < 1.29 is 4.79 Å². The van der Waals surface area contributed by atoms with Gasteiger partial charge in [-0.2, -0.15) is 0 Å². The molecule has 0 aliphatic carbocycles. The maximum atomic E-state index is 12.1. The van der Waals surface area contributed by atoms with Crippen LogP contribution >= 0.6 is 23.4 Å². The predicted molar refractivity (Wildman–Crippen MR) is 91.7 cm³/mol. The number of rotatable bonds is 5. The Morgan fingerprint density at radius 2 is 2.17 bits per heavy atom. The Morgan fingerprint density at radius 1 is 1.30 bits per heavy atom. The van der Waals surface area contributed by atoms with E-state index in [2.05, 4.69) is 15.5 Å². The van der Waals surface area contributed by atoms with Crippen LogP contribution in [0.3, 0.4) is 0 Å². The van der Waals surface area contributed by atoms with Gasteiger partial charge in [-0.3, -0.25) is 9.20 Å². The predicted octanol–water partition coefficient (Wildman–Crippen LogP) is 3.35. The summed E-state index contributed by atoms with van der Waals surface area (Å²) in [6, 6.07) is 13.1. The van der Waals surface area contributed by atoms with Gasteiger partial charge in [0, 0.05) is 11.2 Å². The highest BCUT2D eigenvalue weighted by Crippen LogP contribution is 2.19. The number of carbonyl (C=O) groups excluding carboxylic acids is 1. The summed E-state index contributed by atoms with van der Waals surface area (Å²) in [6.45, 7) is 1.93. The van der Waals surface area contributed by atoms with Crippen molar-refractivity contribution in [2.45, 2.75) is 18.1 Å². The van der Waals surface area contributed by atoms with E-state index < -0.39 is 0 Å². The number of amides is 1. The van der Waals surface area contributed by atoms with Gasteiger partial charge < -0.3 is 5.32 Å². The molecule has 0 aliphatic rings. The maximum Gasteiger partial charge on any atom is 0.230 e. The van der Waals surface area contributed by atoms with Gasteiger partial charge in [-0.25, -0.2) is 0 Å². The molecule has 1 atom stereocenters. The number of benzene rings is 1. The summed E-state index contributed by atoms with van der Waals surface area (Å²) < 4.78 is 1.86. The Labute approximate surface area is 143 Å². The van der Waals surface area contributed by atoms with Crippen molar-refractivity contribution in [3.05, 3.63) is 59.2 Å². The first-order valence-corrected chi connectivity index (χ1v) is 8.47. The molecular weight excluding hydrogens is 332 g/mol. The molecule has 0 unspecified atom stereocenters. The molecule has 23 heavy (non-hydrogen) atoms. The molecule has 0 saturated carbocycles. The summed E-state index contributed by atoms with van der Waals surface area (Å²) in [4.78, 5) is 12.1. The first-order chi connectivity index (χ1) is 11.1. The second-order valence-corrected chi connectivity index (χ2v) is 6.42. The van der Waals surface area contributed by atoms with Crippen molar-refractivity contribution in [3.8, 4) is 0 Å². The molecule has 2 heterocycles. The molecule has 0 bridgehead atoms. The topological polar surface area (TPSA) is 59.3 Å². The van der Waals surface area contributed by atoms with E-state index in [-0.39, 0.29) is 17.7 Å². The number of thioether (sulfide) groups is 1. The van der Waals surface area contributed by atoms with E-state index in [0.717, 1.165) is 11.2 Å². The first kappa shape index (κ1) is 15.8. The second-order valence-electron chi connectivity index (χ2n) is 5.04. The number of pyridine rings is 1. The lowest BCUT2D eigenvalue weighted by Gasteiger charge is -2.14. The van der Waals surface area contributed by atoms with Crippen molar-refractivity contribution >= 4 is 34.9 Å². The van der Waals surface area contributed by atoms with Gasteiger partial charge in [0.05, 0.1) is 11.8 Å². The lowest BCUT2D eigenvalue weighted by atomic mass is 10.1. The monoisotopic (exact) mass is 346 g/mol. The normalized spacial score (nSPS) is 12.3. The molecule has 0 aliphatic heterocycles. The van der Waals surface area contributed by atoms with Gasteiger partial charge >= 0.3 is 0 Å². The van der Waals surface area contributed by atoms with E-state index >= 15 is 0 Å². The fraction of sp³-hybridized carbons (Fsp3) is 0.188. The maximum absolute atomic E-state index is 12.1. The highest BCUT2D eigenvalue weighted by atomic mass is 35.5. The van der Waals surface area contributed by atoms with Gasteiger partial charge in [-0.05, 0) is 36.8 Å². The van der Waals surface area contributed by atoms with E-state index in [1.165, 1.54) is 11.8 Å². The molecule has 1 amide bonds. The van der Waals surface area contributed by atoms with Gasteiger partial charge in [0.25, 0.3) is 0 Å². The Bertz CT molecular complexity index is 836. The zero-order valence-electron chi connectivity index (χ0n) is 12.4. The number of hydrogen-bond acceptors (Lipinski definition) is 4. The quantitative estimate of drug-likeness (QED) is 0.720. The number of halogens is 1. The van der Waals surface area contributed by atoms with E-state index in [4.69, 9.17) is 11.6 Å². The van der Waals surface area contributed by atoms with E-state index in [0.29, 0.717) is 10.2 Å². The molecule has 0 fully saturated rings. The molecular formula is C16H15ClN4OS. The van der Waals surface area contributed by atoms with Crippen LogP contribution in [0, 0.1) is 0 Å². The molecule has 1 N–H and O–H groups in total. The Balaban J connectivity index is 1.59. The standard InChI is InChI=1S/C16H15ClN4OS/c1-11(12-5-4-6-13(17)9-12)18-15(22)10-23-16-20-19-14-7-2-3-8-21(14)16/h2-9,11H,10H2,1H3,(H,18,22)/t11-/m0/s1. The van der Waals surface area contributed by atoms with Crippen LogP contribution in [0.5, 0.6) is 0 Å². The molecule has 5 nitrogen and oxygen atoms in total. The van der Waals surface area contributed by atoms with E-state index in [1.807, 2.05) is 60.0 Å². The zero-order chi connectivity index (χ0) is 16.2. The Hall–Kier alpha value is -2.05. The largest absolute Gasteiger partial charge is 0.349 e. The third-order valence-corrected chi connectivity index (χ3v) is 4.52. The number of nitrogens with one attached hydrogen (secondary N) is 1. The highest BCUT2D eigenvalue weighted by molar-refractivity contribution is 7.99. The zero-order valence-corrected chi connectivity index (χ0v) is 14.0. The number of carbonyl (C=O) groups is 1. The molecule has 3 aromatic rings. The molecule has 0 saturated heterocycles. The van der Waals surface area contributed by atoms with Crippen molar-refractivity contribution in [1.29, 1.82) is 0 Å². The highest BCUT2D eigenvalue weighted by Gasteiger charge is 2.12. The average molecular weight is 347 g/mol. The smallest absolute Gasteiger partial charge is 0.230 e. The third kappa shape index (κ3) is 3.83. The van der Waals surface area contributed by atoms with Gasteiger partial charge in [0.1, 0.15) is 0 Å². The molecule has 1 aromatic carbocycles. The summed E-state index contributed by atoms with van der Waals surface area (Å²) in [7, 11) is 0. The van der Waals surface area contributed by atoms with Crippen molar-refractivity contribution in [1.82, 2.24) is 19.9 Å². The summed E-state index contributed by atoms with van der Waals surface area (Å²) in [5.74, 6) is 0.218. The lowest BCUT2D eigenvalue weighted by Crippen LogP contribution is -2.28. The minimum absolute atomic E-state index is 0.0600. The van der Waals surface area contributed by atoms with Gasteiger partial charge in [0.2, 0.25) is 5.91 Å². The summed E-state index contributed by atoms with van der Waals surface area (Å²) >= 11 is 7.33. The van der Waals surface area contributed by atoms with Crippen molar-refractivity contribution in [3.63, 3.8) is 0 Å².